The molecule has 0 aliphatic heterocycles. The summed E-state index contributed by atoms with van der Waals surface area (Å²) in [7, 11) is 0. The van der Waals surface area contributed by atoms with Gasteiger partial charge in [-0.2, -0.15) is 13.2 Å². The Kier molecular flexibility index (Phi) is 5.13. The minimum atomic E-state index is -4.66. The summed E-state index contributed by atoms with van der Waals surface area (Å²) < 4.78 is 41.4. The normalized spacial score (nSPS) is 11.6. The summed E-state index contributed by atoms with van der Waals surface area (Å²) in [6.07, 6.45) is -4.66. The van der Waals surface area contributed by atoms with E-state index in [4.69, 9.17) is 17.3 Å². The average Bonchev–Trinajstić information content (AvgIpc) is 3.05. The molecule has 0 spiro atoms. The summed E-state index contributed by atoms with van der Waals surface area (Å²) in [4.78, 5) is 17.0. The molecule has 2 aromatic carbocycles. The summed E-state index contributed by atoms with van der Waals surface area (Å²) >= 11 is 6.64. The van der Waals surface area contributed by atoms with Crippen LogP contribution in [0.5, 0.6) is 0 Å². The van der Waals surface area contributed by atoms with Crippen LogP contribution in [0.15, 0.2) is 60.7 Å². The van der Waals surface area contributed by atoms with E-state index in [1.54, 1.807) is 54.6 Å². The van der Waals surface area contributed by atoms with Crippen LogP contribution in [0.3, 0.4) is 0 Å². The number of alkyl halides is 3. The minimum absolute atomic E-state index is 0.0387. The van der Waals surface area contributed by atoms with E-state index >= 15 is 0 Å². The van der Waals surface area contributed by atoms with Crippen molar-refractivity contribution in [1.82, 2.24) is 4.98 Å². The zero-order valence-corrected chi connectivity index (χ0v) is 16.7. The molecule has 3 N–H and O–H groups in total. The molecule has 2 heterocycles. The van der Waals surface area contributed by atoms with Crippen LogP contribution < -0.4 is 11.1 Å². The van der Waals surface area contributed by atoms with Crippen LogP contribution in [0, 0.1) is 0 Å². The quantitative estimate of drug-likeness (QED) is 0.378. The third-order valence-corrected chi connectivity index (χ3v) is 5.73. The number of thiophene rings is 1. The number of nitrogens with two attached hydrogens (primary N) is 1. The van der Waals surface area contributed by atoms with Gasteiger partial charge in [0.1, 0.15) is 9.71 Å². The molecule has 1 amide bonds. The molecule has 30 heavy (non-hydrogen) atoms. The van der Waals surface area contributed by atoms with Gasteiger partial charge < -0.3 is 11.1 Å². The smallest absolute Gasteiger partial charge is 0.397 e. The minimum Gasteiger partial charge on any atom is -0.397 e. The van der Waals surface area contributed by atoms with Crippen molar-refractivity contribution in [1.29, 1.82) is 0 Å². The Morgan fingerprint density at radius 1 is 1.07 bits per heavy atom. The molecule has 0 saturated heterocycles. The first kappa shape index (κ1) is 20.2. The van der Waals surface area contributed by atoms with Gasteiger partial charge in [-0.3, -0.25) is 4.79 Å². The molecular weight excluding hydrogens is 435 g/mol. The monoisotopic (exact) mass is 447 g/mol. The SMILES string of the molecule is Nc1c(C(=O)Nc2ccc(Cl)cc2)sc2nc(-c3ccccc3)cc(C(F)(F)F)c12. The zero-order valence-electron chi connectivity index (χ0n) is 15.1. The van der Waals surface area contributed by atoms with Crippen molar-refractivity contribution in [2.75, 3.05) is 11.1 Å². The van der Waals surface area contributed by atoms with E-state index < -0.39 is 17.6 Å². The Labute approximate surface area is 178 Å². The van der Waals surface area contributed by atoms with E-state index in [1.807, 2.05) is 0 Å². The summed E-state index contributed by atoms with van der Waals surface area (Å²) in [5.41, 5.74) is 5.94. The zero-order chi connectivity index (χ0) is 21.5. The number of carbonyl (C=O) groups excluding carboxylic acids is 1. The second-order valence-electron chi connectivity index (χ2n) is 6.40. The van der Waals surface area contributed by atoms with Gasteiger partial charge in [-0.05, 0) is 30.3 Å². The highest BCUT2D eigenvalue weighted by atomic mass is 35.5. The molecule has 0 aliphatic rings. The Balaban J connectivity index is 1.84. The Morgan fingerprint density at radius 3 is 2.37 bits per heavy atom. The van der Waals surface area contributed by atoms with Crippen molar-refractivity contribution in [2.45, 2.75) is 6.18 Å². The summed E-state index contributed by atoms with van der Waals surface area (Å²) in [5, 5.41) is 2.83. The Bertz CT molecular complexity index is 1240. The molecule has 152 valence electrons. The van der Waals surface area contributed by atoms with Crippen LogP contribution in [0.25, 0.3) is 21.5 Å². The number of rotatable bonds is 3. The maximum absolute atomic E-state index is 13.8. The fraction of sp³-hybridized carbons (Fsp3) is 0.0476. The summed E-state index contributed by atoms with van der Waals surface area (Å²) in [5.74, 6) is -0.618. The van der Waals surface area contributed by atoms with Crippen LogP contribution in [0.2, 0.25) is 5.02 Å². The predicted molar refractivity (Wildman–Crippen MR) is 114 cm³/mol. The van der Waals surface area contributed by atoms with Crippen molar-refractivity contribution >= 4 is 50.4 Å². The van der Waals surface area contributed by atoms with Crippen molar-refractivity contribution < 1.29 is 18.0 Å². The van der Waals surface area contributed by atoms with E-state index in [9.17, 15) is 18.0 Å². The number of anilines is 2. The third kappa shape index (κ3) is 3.83. The number of fused-ring (bicyclic) bond motifs is 1. The molecular formula is C21H13ClF3N3OS. The van der Waals surface area contributed by atoms with Gasteiger partial charge in [-0.25, -0.2) is 4.98 Å². The highest BCUT2D eigenvalue weighted by Crippen LogP contribution is 2.43. The third-order valence-electron chi connectivity index (χ3n) is 4.38. The van der Waals surface area contributed by atoms with Crippen LogP contribution in [0.4, 0.5) is 24.5 Å². The fourth-order valence-electron chi connectivity index (χ4n) is 2.99. The van der Waals surface area contributed by atoms with Gasteiger partial charge in [0.15, 0.2) is 0 Å². The first-order valence-electron chi connectivity index (χ1n) is 8.66. The number of amides is 1. The molecule has 2 aromatic heterocycles. The maximum Gasteiger partial charge on any atom is 0.417 e. The van der Waals surface area contributed by atoms with Gasteiger partial charge in [0.2, 0.25) is 0 Å². The first-order chi connectivity index (χ1) is 14.2. The van der Waals surface area contributed by atoms with Gasteiger partial charge in [-0.1, -0.05) is 41.9 Å². The summed E-state index contributed by atoms with van der Waals surface area (Å²) in [6.45, 7) is 0. The van der Waals surface area contributed by atoms with Gasteiger partial charge in [-0.15, -0.1) is 11.3 Å². The van der Waals surface area contributed by atoms with Gasteiger partial charge in [0, 0.05) is 21.7 Å². The standard InChI is InChI=1S/C21H13ClF3N3OS/c22-12-6-8-13(9-7-12)27-19(29)18-17(26)16-14(21(23,24)25)10-15(28-20(16)30-18)11-4-2-1-3-5-11/h1-10H,26H2,(H,27,29). The fourth-order valence-corrected chi connectivity index (χ4v) is 4.13. The average molecular weight is 448 g/mol. The predicted octanol–water partition coefficient (Wildman–Crippen LogP) is 6.47. The molecule has 9 heteroatoms. The number of hydrogen-bond donors (Lipinski definition) is 2. The van der Waals surface area contributed by atoms with Gasteiger partial charge in [0.25, 0.3) is 5.91 Å². The van der Waals surface area contributed by atoms with Crippen LogP contribution in [0.1, 0.15) is 15.2 Å². The number of nitrogens with one attached hydrogen (secondary N) is 1. The number of hydrogen-bond acceptors (Lipinski definition) is 4. The lowest BCUT2D eigenvalue weighted by Gasteiger charge is -2.11. The second-order valence-corrected chi connectivity index (χ2v) is 7.84. The van der Waals surface area contributed by atoms with Gasteiger partial charge in [0.05, 0.1) is 16.9 Å². The van der Waals surface area contributed by atoms with E-state index in [2.05, 4.69) is 10.3 Å². The number of pyridine rings is 1. The molecule has 0 bridgehead atoms. The van der Waals surface area contributed by atoms with Crippen LogP contribution in [-0.2, 0) is 6.18 Å². The number of aromatic nitrogens is 1. The molecule has 0 aliphatic carbocycles. The Morgan fingerprint density at radius 2 is 1.73 bits per heavy atom. The lowest BCUT2D eigenvalue weighted by Crippen LogP contribution is -2.12. The first-order valence-corrected chi connectivity index (χ1v) is 9.86. The van der Waals surface area contributed by atoms with Crippen LogP contribution >= 0.6 is 22.9 Å². The number of carbonyl (C=O) groups is 1. The molecule has 4 nitrogen and oxygen atoms in total. The highest BCUT2D eigenvalue weighted by molar-refractivity contribution is 7.21. The number of nitrogens with zero attached hydrogens (tertiary/aromatic N) is 1. The molecule has 0 unspecified atom stereocenters. The lowest BCUT2D eigenvalue weighted by molar-refractivity contribution is -0.136. The molecule has 0 radical (unpaired) electrons. The number of nitrogen functional groups attached to an aromatic ring is 1. The maximum atomic E-state index is 13.8. The lowest BCUT2D eigenvalue weighted by atomic mass is 10.1. The topological polar surface area (TPSA) is 68.0 Å². The molecule has 4 aromatic rings. The number of benzene rings is 2. The number of halogens is 4. The Hall–Kier alpha value is -3.10. The van der Waals surface area contributed by atoms with E-state index in [0.29, 0.717) is 16.3 Å². The van der Waals surface area contributed by atoms with E-state index in [1.165, 1.54) is 0 Å². The van der Waals surface area contributed by atoms with Crippen LogP contribution in [-0.4, -0.2) is 10.9 Å². The molecule has 0 fully saturated rings. The van der Waals surface area contributed by atoms with Gasteiger partial charge >= 0.3 is 6.18 Å². The molecule has 0 atom stereocenters. The van der Waals surface area contributed by atoms with E-state index in [0.717, 1.165) is 17.4 Å². The second kappa shape index (κ2) is 7.62. The highest BCUT2D eigenvalue weighted by Gasteiger charge is 2.36. The largest absolute Gasteiger partial charge is 0.417 e. The van der Waals surface area contributed by atoms with E-state index in [-0.39, 0.29) is 26.5 Å². The van der Waals surface area contributed by atoms with Crippen molar-refractivity contribution in [3.8, 4) is 11.3 Å². The van der Waals surface area contributed by atoms with Crippen molar-refractivity contribution in [2.24, 2.45) is 0 Å². The molecule has 4 rings (SSSR count). The van der Waals surface area contributed by atoms with Crippen molar-refractivity contribution in [3.05, 3.63) is 76.1 Å². The van der Waals surface area contributed by atoms with Crippen molar-refractivity contribution in [3.63, 3.8) is 0 Å². The molecule has 0 saturated carbocycles. The summed E-state index contributed by atoms with van der Waals surface area (Å²) in [6, 6.07) is 15.8.